The molecule has 0 saturated heterocycles. The normalized spacial score (nSPS) is 25.4. The fourth-order valence-electron chi connectivity index (χ4n) is 2.37. The topological polar surface area (TPSA) is 46.5 Å². The van der Waals surface area contributed by atoms with Crippen LogP contribution in [0.15, 0.2) is 23.3 Å². The Labute approximate surface area is 153 Å². The second-order valence-electron chi connectivity index (χ2n) is 5.31. The molecule has 0 amide bonds. The molecule has 1 N–H and O–H groups in total. The quantitative estimate of drug-likeness (QED) is 0.270. The van der Waals surface area contributed by atoms with Crippen LogP contribution < -0.4 is 0 Å². The van der Waals surface area contributed by atoms with Crippen molar-refractivity contribution in [2.24, 2.45) is 0 Å². The van der Waals surface area contributed by atoms with Gasteiger partial charge in [-0.3, -0.25) is 4.52 Å². The van der Waals surface area contributed by atoms with Crippen LogP contribution in [-0.4, -0.2) is 16.7 Å². The molecule has 1 aromatic carbocycles. The molecule has 3 nitrogen and oxygen atoms in total. The highest BCUT2D eigenvalue weighted by molar-refractivity contribution is 7.80. The zero-order valence-electron chi connectivity index (χ0n) is 12.7. The molecule has 0 heterocycles. The smallest absolute Gasteiger partial charge is 0.313 e. The molecule has 0 spiro atoms. The van der Waals surface area contributed by atoms with Crippen molar-refractivity contribution in [2.75, 3.05) is 0 Å². The molecule has 0 fully saturated rings. The molecule has 156 valence electrons. The van der Waals surface area contributed by atoms with E-state index >= 15 is 0 Å². The summed E-state index contributed by atoms with van der Waals surface area (Å²) in [5.41, 5.74) is -6.30. The van der Waals surface area contributed by atoms with E-state index in [9.17, 15) is 48.5 Å². The fraction of sp³-hybridized carbons (Fsp3) is 0.231. The number of benzene rings is 1. The molecule has 15 heteroatoms. The van der Waals surface area contributed by atoms with E-state index in [-0.39, 0.29) is 0 Å². The second kappa shape index (κ2) is 7.36. The summed E-state index contributed by atoms with van der Waals surface area (Å²) in [5, 5.41) is 0. The van der Waals surface area contributed by atoms with Crippen molar-refractivity contribution in [3.05, 3.63) is 58.0 Å². The van der Waals surface area contributed by atoms with Gasteiger partial charge in [0.2, 0.25) is 5.82 Å². The average Bonchev–Trinajstić information content (AvgIpc) is 2.62. The van der Waals surface area contributed by atoms with Crippen LogP contribution in [0.4, 0.5) is 43.9 Å². The molecule has 2 rings (SSSR count). The molecule has 0 bridgehead atoms. The van der Waals surface area contributed by atoms with Gasteiger partial charge in [0.25, 0.3) is 0 Å². The van der Waals surface area contributed by atoms with Gasteiger partial charge < -0.3 is 4.89 Å². The number of alkyl halides is 1. The first-order chi connectivity index (χ1) is 12.7. The van der Waals surface area contributed by atoms with E-state index in [1.807, 2.05) is 0 Å². The summed E-state index contributed by atoms with van der Waals surface area (Å²) < 4.78 is 151. The Morgan fingerprint density at radius 3 is 1.75 bits per heavy atom. The molecule has 1 aliphatic rings. The lowest BCUT2D eigenvalue weighted by Crippen LogP contribution is -2.48. The van der Waals surface area contributed by atoms with Gasteiger partial charge in [-0.05, 0) is 0 Å². The van der Waals surface area contributed by atoms with Crippen molar-refractivity contribution < 1.29 is 57.9 Å². The van der Waals surface area contributed by atoms with E-state index < -0.39 is 83.1 Å². The van der Waals surface area contributed by atoms with Crippen LogP contribution in [0, 0.1) is 29.1 Å². The van der Waals surface area contributed by atoms with Gasteiger partial charge in [-0.25, -0.2) is 48.5 Å². The van der Waals surface area contributed by atoms with Crippen molar-refractivity contribution in [3.63, 3.8) is 0 Å². The molecule has 3 unspecified atom stereocenters. The lowest BCUT2D eigenvalue weighted by atomic mass is 9.84. The highest BCUT2D eigenvalue weighted by Crippen LogP contribution is 2.58. The molecule has 1 aromatic rings. The van der Waals surface area contributed by atoms with Gasteiger partial charge in [0.05, 0.1) is 0 Å². The van der Waals surface area contributed by atoms with Crippen LogP contribution in [0.3, 0.4) is 0 Å². The summed E-state index contributed by atoms with van der Waals surface area (Å²) in [5.74, 6) is -24.5. The lowest BCUT2D eigenvalue weighted by Gasteiger charge is -2.36. The Morgan fingerprint density at radius 2 is 1.32 bits per heavy atom. The van der Waals surface area contributed by atoms with Gasteiger partial charge in [0.15, 0.2) is 58.3 Å². The van der Waals surface area contributed by atoms with E-state index in [2.05, 4.69) is 4.52 Å². The highest BCUT2D eigenvalue weighted by atomic mass is 35.7. The molecule has 3 atom stereocenters. The Morgan fingerprint density at radius 1 is 0.893 bits per heavy atom. The van der Waals surface area contributed by atoms with Crippen LogP contribution in [0.2, 0.25) is 0 Å². The fourth-order valence-corrected chi connectivity index (χ4v) is 3.38. The minimum atomic E-state index is -5.67. The standard InChI is InChI=1S/C13H4ClF10O3P/c14-28(25,26)27-13(11(23)9(21)8(20)10(22)12(13)24)1-2-3(15)5(17)7(19)6(18)4(2)16/h11H,1H2,(H,25,26). The highest BCUT2D eigenvalue weighted by Gasteiger charge is 2.58. The van der Waals surface area contributed by atoms with Crippen molar-refractivity contribution in [2.45, 2.75) is 18.2 Å². The van der Waals surface area contributed by atoms with Crippen molar-refractivity contribution >= 4 is 18.2 Å². The summed E-state index contributed by atoms with van der Waals surface area (Å²) in [7, 11) is 0. The first-order valence-corrected chi connectivity index (χ1v) is 9.12. The number of rotatable bonds is 4. The summed E-state index contributed by atoms with van der Waals surface area (Å²) >= 11 is 4.73. The lowest BCUT2D eigenvalue weighted by molar-refractivity contribution is -0.00546. The van der Waals surface area contributed by atoms with E-state index in [1.54, 1.807) is 0 Å². The first-order valence-electron chi connectivity index (χ1n) is 6.64. The van der Waals surface area contributed by atoms with E-state index in [4.69, 9.17) is 16.1 Å². The Balaban J connectivity index is 2.81. The zero-order valence-corrected chi connectivity index (χ0v) is 14.3. The van der Waals surface area contributed by atoms with Gasteiger partial charge in [0.1, 0.15) is 0 Å². The molecule has 0 aliphatic heterocycles. The first kappa shape index (κ1) is 22.7. The maximum absolute atomic E-state index is 14.3. The maximum atomic E-state index is 14.3. The predicted molar refractivity (Wildman–Crippen MR) is 72.8 cm³/mol. The average molecular weight is 465 g/mol. The minimum Gasteiger partial charge on any atom is -0.313 e. The monoisotopic (exact) mass is 464 g/mol. The van der Waals surface area contributed by atoms with Crippen molar-refractivity contribution in [1.82, 2.24) is 0 Å². The van der Waals surface area contributed by atoms with Crippen LogP contribution in [0.5, 0.6) is 0 Å². The molecule has 1 aliphatic carbocycles. The zero-order chi connectivity index (χ0) is 21.8. The second-order valence-corrected chi connectivity index (χ2v) is 7.68. The summed E-state index contributed by atoms with van der Waals surface area (Å²) in [6.07, 6.45) is -6.18. The molecular weight excluding hydrogens is 461 g/mol. The Hall–Kier alpha value is -1.56. The van der Waals surface area contributed by atoms with Crippen LogP contribution in [0.1, 0.15) is 5.56 Å². The maximum Gasteiger partial charge on any atom is 0.422 e. The third-order valence-electron chi connectivity index (χ3n) is 3.61. The van der Waals surface area contributed by atoms with E-state index in [0.29, 0.717) is 0 Å². The van der Waals surface area contributed by atoms with Crippen molar-refractivity contribution in [3.8, 4) is 0 Å². The largest absolute Gasteiger partial charge is 0.422 e. The number of hydrogen-bond acceptors (Lipinski definition) is 2. The summed E-state index contributed by atoms with van der Waals surface area (Å²) in [6.45, 7) is -5.67. The van der Waals surface area contributed by atoms with E-state index in [0.717, 1.165) is 0 Å². The number of allylic oxidation sites excluding steroid dienone is 2. The molecule has 0 saturated carbocycles. The molecule has 28 heavy (non-hydrogen) atoms. The van der Waals surface area contributed by atoms with Gasteiger partial charge in [-0.1, -0.05) is 0 Å². The Kier molecular flexibility index (Phi) is 5.97. The number of halogens is 11. The van der Waals surface area contributed by atoms with Crippen molar-refractivity contribution in [1.29, 1.82) is 0 Å². The van der Waals surface area contributed by atoms with Gasteiger partial charge in [-0.2, -0.15) is 0 Å². The van der Waals surface area contributed by atoms with Crippen LogP contribution >= 0.6 is 18.2 Å². The third-order valence-corrected chi connectivity index (χ3v) is 4.37. The van der Waals surface area contributed by atoms with Crippen LogP contribution in [-0.2, 0) is 15.5 Å². The minimum absolute atomic E-state index is 2.08. The van der Waals surface area contributed by atoms with Gasteiger partial charge >= 0.3 is 6.95 Å². The van der Waals surface area contributed by atoms with Crippen LogP contribution in [0.25, 0.3) is 0 Å². The van der Waals surface area contributed by atoms with E-state index in [1.165, 1.54) is 0 Å². The summed E-state index contributed by atoms with van der Waals surface area (Å²) in [4.78, 5) is 8.97. The van der Waals surface area contributed by atoms with Gasteiger partial charge in [0, 0.05) is 23.2 Å². The predicted octanol–water partition coefficient (Wildman–Crippen LogP) is 5.67. The van der Waals surface area contributed by atoms with Gasteiger partial charge in [-0.15, -0.1) is 0 Å². The summed E-state index contributed by atoms with van der Waals surface area (Å²) in [6, 6.07) is 0. The molecular formula is C13H4ClF10O3P. The Bertz CT molecular complexity index is 929. The molecule has 0 radical (unpaired) electrons. The third kappa shape index (κ3) is 3.56. The SMILES string of the molecule is O=P(O)(Cl)OC1(Cc2c(F)c(F)c(F)c(F)c2F)C(F)=C(F)C(F)=C(F)C1F. The number of hydrogen-bond donors (Lipinski definition) is 1. The molecule has 0 aromatic heterocycles.